The van der Waals surface area contributed by atoms with Crippen LogP contribution in [0.3, 0.4) is 0 Å². The minimum absolute atomic E-state index is 0.469. The highest BCUT2D eigenvalue weighted by Crippen LogP contribution is 2.09. The van der Waals surface area contributed by atoms with Crippen molar-refractivity contribution in [3.05, 3.63) is 66.2 Å². The first-order valence-corrected chi connectivity index (χ1v) is 7.90. The van der Waals surface area contributed by atoms with Gasteiger partial charge in [-0.2, -0.15) is 0 Å². The topological polar surface area (TPSA) is 27.6 Å². The second-order valence-electron chi connectivity index (χ2n) is 4.77. The molecule has 0 amide bonds. The first-order valence-electron chi connectivity index (χ1n) is 7.49. The summed E-state index contributed by atoms with van der Waals surface area (Å²) in [6.45, 7) is 6.02. The SMILES string of the molecule is CCN(CC)/C(=N/C(=S)Nc1ccccc1)c1ccccc1. The van der Waals surface area contributed by atoms with Crippen molar-refractivity contribution in [2.45, 2.75) is 13.8 Å². The summed E-state index contributed by atoms with van der Waals surface area (Å²) in [5.74, 6) is 0.902. The monoisotopic (exact) mass is 311 g/mol. The number of rotatable bonds is 4. The second kappa shape index (κ2) is 8.29. The maximum Gasteiger partial charge on any atom is 0.199 e. The summed E-state index contributed by atoms with van der Waals surface area (Å²) in [7, 11) is 0. The number of hydrogen-bond acceptors (Lipinski definition) is 1. The minimum Gasteiger partial charge on any atom is -0.357 e. The molecular weight excluding hydrogens is 290 g/mol. The highest BCUT2D eigenvalue weighted by molar-refractivity contribution is 7.80. The van der Waals surface area contributed by atoms with Gasteiger partial charge in [0.25, 0.3) is 0 Å². The van der Waals surface area contributed by atoms with E-state index in [-0.39, 0.29) is 0 Å². The summed E-state index contributed by atoms with van der Waals surface area (Å²) in [6, 6.07) is 20.0. The van der Waals surface area contributed by atoms with Gasteiger partial charge in [-0.25, -0.2) is 4.99 Å². The molecule has 0 bridgehead atoms. The van der Waals surface area contributed by atoms with Gasteiger partial charge in [0.2, 0.25) is 0 Å². The first-order chi connectivity index (χ1) is 10.7. The Balaban J connectivity index is 2.26. The summed E-state index contributed by atoms with van der Waals surface area (Å²) < 4.78 is 0. The number of anilines is 1. The Morgan fingerprint density at radius 3 is 2.05 bits per heavy atom. The highest BCUT2D eigenvalue weighted by Gasteiger charge is 2.11. The predicted molar refractivity (Wildman–Crippen MR) is 98.6 cm³/mol. The molecule has 0 saturated carbocycles. The zero-order valence-electron chi connectivity index (χ0n) is 13.0. The molecule has 0 fully saturated rings. The lowest BCUT2D eigenvalue weighted by Crippen LogP contribution is -2.32. The molecule has 114 valence electrons. The number of para-hydroxylation sites is 1. The smallest absolute Gasteiger partial charge is 0.199 e. The van der Waals surface area contributed by atoms with E-state index in [2.05, 4.69) is 41.2 Å². The van der Waals surface area contributed by atoms with Crippen molar-refractivity contribution >= 4 is 28.9 Å². The highest BCUT2D eigenvalue weighted by atomic mass is 32.1. The number of nitrogens with one attached hydrogen (secondary N) is 1. The zero-order valence-corrected chi connectivity index (χ0v) is 13.8. The Morgan fingerprint density at radius 2 is 1.50 bits per heavy atom. The van der Waals surface area contributed by atoms with E-state index in [4.69, 9.17) is 12.2 Å². The quantitative estimate of drug-likeness (QED) is 0.522. The van der Waals surface area contributed by atoms with Gasteiger partial charge >= 0.3 is 0 Å². The van der Waals surface area contributed by atoms with Crippen LogP contribution in [0.15, 0.2) is 65.7 Å². The van der Waals surface area contributed by atoms with E-state index in [0.29, 0.717) is 5.11 Å². The maximum absolute atomic E-state index is 5.40. The van der Waals surface area contributed by atoms with Crippen LogP contribution in [-0.4, -0.2) is 28.9 Å². The van der Waals surface area contributed by atoms with Crippen molar-refractivity contribution in [2.24, 2.45) is 4.99 Å². The van der Waals surface area contributed by atoms with Gasteiger partial charge in [0.1, 0.15) is 5.84 Å². The third-order valence-electron chi connectivity index (χ3n) is 3.33. The third-order valence-corrected chi connectivity index (χ3v) is 3.52. The van der Waals surface area contributed by atoms with Gasteiger partial charge < -0.3 is 10.2 Å². The second-order valence-corrected chi connectivity index (χ2v) is 5.16. The molecule has 2 aromatic rings. The minimum atomic E-state index is 0.469. The van der Waals surface area contributed by atoms with Crippen molar-refractivity contribution < 1.29 is 0 Å². The lowest BCUT2D eigenvalue weighted by molar-refractivity contribution is 0.467. The number of benzene rings is 2. The molecule has 2 rings (SSSR count). The van der Waals surface area contributed by atoms with Gasteiger partial charge in [-0.05, 0) is 38.2 Å². The van der Waals surface area contributed by atoms with Crippen LogP contribution >= 0.6 is 12.2 Å². The zero-order chi connectivity index (χ0) is 15.8. The van der Waals surface area contributed by atoms with E-state index in [9.17, 15) is 0 Å². The standard InChI is InChI=1S/C18H21N3S/c1-3-21(4-2)17(15-11-7-5-8-12-15)20-18(22)19-16-13-9-6-10-14-16/h5-14H,3-4H2,1-2H3,(H,19,22)/b20-17+. The van der Waals surface area contributed by atoms with Crippen LogP contribution < -0.4 is 5.32 Å². The molecule has 4 heteroatoms. The van der Waals surface area contributed by atoms with Crippen LogP contribution in [0.25, 0.3) is 0 Å². The van der Waals surface area contributed by atoms with Gasteiger partial charge in [-0.1, -0.05) is 48.5 Å². The summed E-state index contributed by atoms with van der Waals surface area (Å²) in [5, 5.41) is 3.63. The van der Waals surface area contributed by atoms with Gasteiger partial charge in [-0.3, -0.25) is 0 Å². The van der Waals surface area contributed by atoms with Crippen LogP contribution in [0, 0.1) is 0 Å². The van der Waals surface area contributed by atoms with Crippen LogP contribution in [0.1, 0.15) is 19.4 Å². The average Bonchev–Trinajstić information content (AvgIpc) is 2.56. The predicted octanol–water partition coefficient (Wildman–Crippen LogP) is 4.17. The van der Waals surface area contributed by atoms with Crippen LogP contribution in [-0.2, 0) is 0 Å². The molecule has 0 unspecified atom stereocenters. The van der Waals surface area contributed by atoms with Crippen molar-refractivity contribution in [1.29, 1.82) is 0 Å². The van der Waals surface area contributed by atoms with Crippen LogP contribution in [0.2, 0.25) is 0 Å². The van der Waals surface area contributed by atoms with Gasteiger partial charge in [0.05, 0.1) is 0 Å². The number of nitrogens with zero attached hydrogens (tertiary/aromatic N) is 2. The van der Waals surface area contributed by atoms with Crippen molar-refractivity contribution in [1.82, 2.24) is 4.90 Å². The molecule has 0 aromatic heterocycles. The van der Waals surface area contributed by atoms with E-state index in [1.54, 1.807) is 0 Å². The van der Waals surface area contributed by atoms with Crippen molar-refractivity contribution in [3.63, 3.8) is 0 Å². The van der Waals surface area contributed by atoms with Gasteiger partial charge in [-0.15, -0.1) is 0 Å². The average molecular weight is 311 g/mol. The fraction of sp³-hybridized carbons (Fsp3) is 0.222. The van der Waals surface area contributed by atoms with E-state index in [0.717, 1.165) is 30.2 Å². The Kier molecular flexibility index (Phi) is 6.10. The van der Waals surface area contributed by atoms with Gasteiger partial charge in [0.15, 0.2) is 5.11 Å². The van der Waals surface area contributed by atoms with Gasteiger partial charge in [0, 0.05) is 24.3 Å². The molecule has 22 heavy (non-hydrogen) atoms. The molecule has 3 nitrogen and oxygen atoms in total. The molecule has 0 radical (unpaired) electrons. The van der Waals surface area contributed by atoms with Crippen LogP contribution in [0.5, 0.6) is 0 Å². The van der Waals surface area contributed by atoms with Crippen LogP contribution in [0.4, 0.5) is 5.69 Å². The Morgan fingerprint density at radius 1 is 0.955 bits per heavy atom. The molecule has 0 atom stereocenters. The normalized spacial score (nSPS) is 11.1. The van der Waals surface area contributed by atoms with Crippen molar-refractivity contribution in [2.75, 3.05) is 18.4 Å². The number of aliphatic imine (C=N–C) groups is 1. The van der Waals surface area contributed by atoms with E-state index >= 15 is 0 Å². The summed E-state index contributed by atoms with van der Waals surface area (Å²) in [5.41, 5.74) is 2.02. The third kappa shape index (κ3) is 4.40. The lowest BCUT2D eigenvalue weighted by atomic mass is 10.2. The molecule has 0 spiro atoms. The fourth-order valence-electron chi connectivity index (χ4n) is 2.20. The molecule has 0 aliphatic carbocycles. The Labute approximate surface area is 137 Å². The number of hydrogen-bond donors (Lipinski definition) is 1. The first kappa shape index (κ1) is 16.2. The summed E-state index contributed by atoms with van der Waals surface area (Å²) in [6.07, 6.45) is 0. The molecule has 1 N–H and O–H groups in total. The number of thiocarbonyl (C=S) groups is 1. The summed E-state index contributed by atoms with van der Waals surface area (Å²) >= 11 is 5.40. The summed E-state index contributed by atoms with van der Waals surface area (Å²) in [4.78, 5) is 6.85. The Bertz CT molecular complexity index is 619. The molecule has 2 aromatic carbocycles. The number of amidine groups is 1. The van der Waals surface area contributed by atoms with E-state index in [1.165, 1.54) is 0 Å². The Hall–Kier alpha value is -2.20. The lowest BCUT2D eigenvalue weighted by Gasteiger charge is -2.23. The fourth-order valence-corrected chi connectivity index (χ4v) is 2.40. The maximum atomic E-state index is 5.40. The van der Waals surface area contributed by atoms with E-state index in [1.807, 2.05) is 48.5 Å². The van der Waals surface area contributed by atoms with Crippen molar-refractivity contribution in [3.8, 4) is 0 Å². The molecule has 0 aliphatic rings. The van der Waals surface area contributed by atoms with E-state index < -0.39 is 0 Å². The molecule has 0 heterocycles. The molecular formula is C18H21N3S. The molecule has 0 aliphatic heterocycles. The largest absolute Gasteiger partial charge is 0.357 e. The molecule has 0 saturated heterocycles.